The molecule has 0 aliphatic carbocycles. The van der Waals surface area contributed by atoms with Crippen LogP contribution in [-0.2, 0) is 11.2 Å². The van der Waals surface area contributed by atoms with Gasteiger partial charge in [0.1, 0.15) is 5.78 Å². The average molecular weight is 229 g/mol. The predicted molar refractivity (Wildman–Crippen MR) is 61.3 cm³/mol. The number of hydrogen-bond acceptors (Lipinski definition) is 2. The van der Waals surface area contributed by atoms with E-state index in [0.29, 0.717) is 24.8 Å². The Labute approximate surface area is 95.4 Å². The minimum atomic E-state index is 0.213. The Morgan fingerprint density at radius 1 is 1.60 bits per heavy atom. The summed E-state index contributed by atoms with van der Waals surface area (Å²) in [4.78, 5) is 11.4. The van der Waals surface area contributed by atoms with Crippen molar-refractivity contribution in [3.05, 3.63) is 18.0 Å². The van der Waals surface area contributed by atoms with Crippen LogP contribution in [0.5, 0.6) is 0 Å². The number of carbonyl (C=O) groups is 1. The highest BCUT2D eigenvalue weighted by atomic mass is 35.5. The van der Waals surface area contributed by atoms with Gasteiger partial charge >= 0.3 is 0 Å². The summed E-state index contributed by atoms with van der Waals surface area (Å²) < 4.78 is 1.87. The van der Waals surface area contributed by atoms with Crippen molar-refractivity contribution in [3.8, 4) is 0 Å². The monoisotopic (exact) mass is 228 g/mol. The van der Waals surface area contributed by atoms with Gasteiger partial charge in [0.05, 0.1) is 12.1 Å². The molecule has 0 fully saturated rings. The van der Waals surface area contributed by atoms with Crippen molar-refractivity contribution in [1.29, 1.82) is 0 Å². The molecule has 4 heteroatoms. The largest absolute Gasteiger partial charge is 0.299 e. The summed E-state index contributed by atoms with van der Waals surface area (Å²) in [6.45, 7) is 4.12. The van der Waals surface area contributed by atoms with E-state index in [-0.39, 0.29) is 5.78 Å². The van der Waals surface area contributed by atoms with Crippen LogP contribution in [0, 0.1) is 0 Å². The summed E-state index contributed by atoms with van der Waals surface area (Å²) in [7, 11) is 0. The number of hydrogen-bond donors (Lipinski definition) is 0. The van der Waals surface area contributed by atoms with E-state index in [4.69, 9.17) is 11.6 Å². The third kappa shape index (κ3) is 4.04. The number of alkyl halides is 1. The Morgan fingerprint density at radius 3 is 2.87 bits per heavy atom. The van der Waals surface area contributed by atoms with E-state index in [1.54, 1.807) is 0 Å². The van der Waals surface area contributed by atoms with Crippen LogP contribution in [0.25, 0.3) is 0 Å². The van der Waals surface area contributed by atoms with Crippen molar-refractivity contribution >= 4 is 17.4 Å². The summed E-state index contributed by atoms with van der Waals surface area (Å²) in [5.41, 5.74) is 0.850. The van der Waals surface area contributed by atoms with Gasteiger partial charge in [0.25, 0.3) is 0 Å². The first kappa shape index (κ1) is 12.2. The number of nitrogens with zero attached hydrogens (tertiary/aromatic N) is 2. The highest BCUT2D eigenvalue weighted by Crippen LogP contribution is 2.06. The highest BCUT2D eigenvalue weighted by molar-refractivity contribution is 6.17. The number of carbonyl (C=O) groups excluding carboxylic acids is 1. The third-order valence-corrected chi connectivity index (χ3v) is 2.43. The topological polar surface area (TPSA) is 34.9 Å². The Bertz CT molecular complexity index is 320. The fourth-order valence-corrected chi connectivity index (χ4v) is 1.45. The minimum absolute atomic E-state index is 0.213. The van der Waals surface area contributed by atoms with Gasteiger partial charge in [0.2, 0.25) is 0 Å². The maximum Gasteiger partial charge on any atom is 0.138 e. The van der Waals surface area contributed by atoms with Gasteiger partial charge in [0, 0.05) is 24.5 Å². The van der Waals surface area contributed by atoms with Crippen LogP contribution in [0.4, 0.5) is 0 Å². The molecule has 0 saturated carbocycles. The van der Waals surface area contributed by atoms with E-state index in [1.807, 2.05) is 16.9 Å². The molecule has 1 rings (SSSR count). The van der Waals surface area contributed by atoms with Gasteiger partial charge < -0.3 is 0 Å². The first-order valence-electron chi connectivity index (χ1n) is 5.25. The van der Waals surface area contributed by atoms with Gasteiger partial charge in [-0.15, -0.1) is 11.6 Å². The van der Waals surface area contributed by atoms with Crippen molar-refractivity contribution in [2.75, 3.05) is 5.88 Å². The molecule has 0 N–H and O–H groups in total. The van der Waals surface area contributed by atoms with Crippen molar-refractivity contribution in [2.24, 2.45) is 0 Å². The normalized spacial score (nSPS) is 10.9. The van der Waals surface area contributed by atoms with E-state index in [1.165, 1.54) is 0 Å². The molecule has 84 valence electrons. The first-order valence-corrected chi connectivity index (χ1v) is 5.78. The van der Waals surface area contributed by atoms with Crippen molar-refractivity contribution < 1.29 is 4.79 Å². The van der Waals surface area contributed by atoms with Gasteiger partial charge in [-0.05, 0) is 26.3 Å². The maximum absolute atomic E-state index is 11.4. The van der Waals surface area contributed by atoms with Gasteiger partial charge in [-0.1, -0.05) is 0 Å². The molecule has 1 aromatic rings. The quantitative estimate of drug-likeness (QED) is 0.702. The van der Waals surface area contributed by atoms with Crippen LogP contribution < -0.4 is 0 Å². The molecular formula is C11H17ClN2O. The molecule has 0 aliphatic rings. The summed E-state index contributed by atoms with van der Waals surface area (Å²) >= 11 is 5.52. The lowest BCUT2D eigenvalue weighted by atomic mass is 10.1. The molecule has 0 radical (unpaired) electrons. The van der Waals surface area contributed by atoms with E-state index in [2.05, 4.69) is 18.9 Å². The summed E-state index contributed by atoms with van der Waals surface area (Å²) in [5, 5.41) is 4.32. The Balaban J connectivity index is 2.46. The van der Waals surface area contributed by atoms with Crippen LogP contribution in [0.15, 0.2) is 12.3 Å². The second kappa shape index (κ2) is 5.91. The van der Waals surface area contributed by atoms with Gasteiger partial charge in [-0.2, -0.15) is 5.10 Å². The smallest absolute Gasteiger partial charge is 0.138 e. The summed E-state index contributed by atoms with van der Waals surface area (Å²) in [6, 6.07) is 2.25. The van der Waals surface area contributed by atoms with Crippen molar-refractivity contribution in [2.45, 2.75) is 39.2 Å². The van der Waals surface area contributed by atoms with Crippen molar-refractivity contribution in [1.82, 2.24) is 9.78 Å². The van der Waals surface area contributed by atoms with Gasteiger partial charge in [0.15, 0.2) is 0 Å². The predicted octanol–water partition coefficient (Wildman–Crippen LogP) is 2.59. The lowest BCUT2D eigenvalue weighted by Gasteiger charge is -2.03. The number of halogens is 1. The van der Waals surface area contributed by atoms with E-state index in [0.717, 1.165) is 12.1 Å². The zero-order chi connectivity index (χ0) is 11.3. The molecule has 0 aliphatic heterocycles. The second-order valence-electron chi connectivity index (χ2n) is 3.89. The standard InChI is InChI=1S/C11H17ClN2O/c1-9(2)14-7-5-10(13-14)8-11(15)4-3-6-12/h5,7,9H,3-4,6,8H2,1-2H3. The third-order valence-electron chi connectivity index (χ3n) is 2.16. The number of rotatable bonds is 6. The Morgan fingerprint density at radius 2 is 2.33 bits per heavy atom. The number of ketones is 1. The van der Waals surface area contributed by atoms with Crippen LogP contribution in [-0.4, -0.2) is 21.4 Å². The number of aromatic nitrogens is 2. The molecular weight excluding hydrogens is 212 g/mol. The maximum atomic E-state index is 11.4. The molecule has 0 spiro atoms. The van der Waals surface area contributed by atoms with E-state index < -0.39 is 0 Å². The average Bonchev–Trinajstić information content (AvgIpc) is 2.63. The number of Topliss-reactive ketones (excluding diaryl/α,β-unsaturated/α-hetero) is 1. The van der Waals surface area contributed by atoms with Crippen LogP contribution >= 0.6 is 11.6 Å². The first-order chi connectivity index (χ1) is 7.13. The van der Waals surface area contributed by atoms with Crippen molar-refractivity contribution in [3.63, 3.8) is 0 Å². The lowest BCUT2D eigenvalue weighted by Crippen LogP contribution is -2.06. The summed E-state index contributed by atoms with van der Waals surface area (Å²) in [5.74, 6) is 0.760. The van der Waals surface area contributed by atoms with Crippen LogP contribution in [0.3, 0.4) is 0 Å². The molecule has 0 aromatic carbocycles. The Kier molecular flexibility index (Phi) is 4.82. The molecule has 3 nitrogen and oxygen atoms in total. The van der Waals surface area contributed by atoms with Crippen LogP contribution in [0.2, 0.25) is 0 Å². The molecule has 0 unspecified atom stereocenters. The SMILES string of the molecule is CC(C)n1ccc(CC(=O)CCCCl)n1. The second-order valence-corrected chi connectivity index (χ2v) is 4.27. The zero-order valence-corrected chi connectivity index (χ0v) is 10.00. The lowest BCUT2D eigenvalue weighted by molar-refractivity contribution is -0.118. The highest BCUT2D eigenvalue weighted by Gasteiger charge is 2.07. The summed E-state index contributed by atoms with van der Waals surface area (Å²) in [6.07, 6.45) is 3.65. The van der Waals surface area contributed by atoms with E-state index in [9.17, 15) is 4.79 Å². The zero-order valence-electron chi connectivity index (χ0n) is 9.24. The molecule has 0 saturated heterocycles. The minimum Gasteiger partial charge on any atom is -0.299 e. The molecule has 0 amide bonds. The molecule has 15 heavy (non-hydrogen) atoms. The fourth-order valence-electron chi connectivity index (χ4n) is 1.31. The van der Waals surface area contributed by atoms with Crippen LogP contribution in [0.1, 0.15) is 38.4 Å². The fraction of sp³-hybridized carbons (Fsp3) is 0.636. The molecule has 1 heterocycles. The molecule has 1 aromatic heterocycles. The van der Waals surface area contributed by atoms with Gasteiger partial charge in [-0.25, -0.2) is 0 Å². The van der Waals surface area contributed by atoms with Gasteiger partial charge in [-0.3, -0.25) is 9.48 Å². The molecule has 0 atom stereocenters. The Hall–Kier alpha value is -0.830. The molecule has 0 bridgehead atoms. The van der Waals surface area contributed by atoms with E-state index >= 15 is 0 Å².